The van der Waals surface area contributed by atoms with E-state index in [1.165, 1.54) is 5.56 Å². The van der Waals surface area contributed by atoms with Gasteiger partial charge in [-0.05, 0) is 31.2 Å². The van der Waals surface area contributed by atoms with Crippen molar-refractivity contribution in [1.82, 2.24) is 15.6 Å². The molecule has 0 spiro atoms. The molecule has 1 aromatic carbocycles. The third-order valence-corrected chi connectivity index (χ3v) is 3.98. The Labute approximate surface area is 124 Å². The zero-order valence-electron chi connectivity index (χ0n) is 12.5. The van der Waals surface area contributed by atoms with E-state index >= 15 is 0 Å². The third-order valence-electron chi connectivity index (χ3n) is 3.98. The summed E-state index contributed by atoms with van der Waals surface area (Å²) in [7, 11) is 0. The van der Waals surface area contributed by atoms with Gasteiger partial charge in [-0.25, -0.2) is 9.78 Å². The number of urea groups is 1. The lowest BCUT2D eigenvalue weighted by Gasteiger charge is -2.05. The number of nitrogens with one attached hydrogen (secondary N) is 2. The van der Waals surface area contributed by atoms with Crippen LogP contribution in [0.2, 0.25) is 0 Å². The number of aromatic nitrogens is 1. The minimum Gasteiger partial charge on any atom is -0.440 e. The molecule has 0 radical (unpaired) electrons. The van der Waals surface area contributed by atoms with E-state index in [2.05, 4.69) is 21.7 Å². The molecule has 2 N–H and O–H groups in total. The minimum absolute atomic E-state index is 0.0886. The number of hydrogen-bond acceptors (Lipinski definition) is 3. The molecule has 1 aliphatic rings. The van der Waals surface area contributed by atoms with Gasteiger partial charge in [-0.3, -0.25) is 0 Å². The molecule has 5 nitrogen and oxygen atoms in total. The largest absolute Gasteiger partial charge is 0.440 e. The van der Waals surface area contributed by atoms with E-state index in [4.69, 9.17) is 4.42 Å². The molecule has 1 aliphatic carbocycles. The first-order valence-corrected chi connectivity index (χ1v) is 7.63. The van der Waals surface area contributed by atoms with Gasteiger partial charge in [0.2, 0.25) is 0 Å². The van der Waals surface area contributed by atoms with E-state index in [9.17, 15) is 4.79 Å². The molecule has 2 amide bonds. The molecule has 1 saturated carbocycles. The molecule has 0 unspecified atom stereocenters. The zero-order chi connectivity index (χ0) is 14.8. The van der Waals surface area contributed by atoms with E-state index in [0.717, 1.165) is 29.8 Å². The Hall–Kier alpha value is -2.04. The molecule has 5 heteroatoms. The summed E-state index contributed by atoms with van der Waals surface area (Å²) in [6.45, 7) is 5.31. The average molecular weight is 287 g/mol. The van der Waals surface area contributed by atoms with Crippen molar-refractivity contribution in [1.29, 1.82) is 0 Å². The second kappa shape index (κ2) is 5.76. The van der Waals surface area contributed by atoms with Gasteiger partial charge in [-0.1, -0.05) is 19.1 Å². The number of hydrogen-bond donors (Lipinski definition) is 2. The van der Waals surface area contributed by atoms with E-state index in [1.54, 1.807) is 0 Å². The first-order chi connectivity index (χ1) is 10.2. The lowest BCUT2D eigenvalue weighted by Crippen LogP contribution is -2.36. The Balaban J connectivity index is 1.69. The van der Waals surface area contributed by atoms with Crippen LogP contribution in [0, 0.1) is 5.92 Å². The van der Waals surface area contributed by atoms with Crippen LogP contribution < -0.4 is 10.6 Å². The van der Waals surface area contributed by atoms with Crippen molar-refractivity contribution in [3.63, 3.8) is 0 Å². The van der Waals surface area contributed by atoms with Crippen molar-refractivity contribution in [2.24, 2.45) is 5.92 Å². The fraction of sp³-hybridized carbons (Fsp3) is 0.500. The van der Waals surface area contributed by atoms with E-state index in [1.807, 2.05) is 26.0 Å². The Bertz CT molecular complexity index is 650. The van der Waals surface area contributed by atoms with Gasteiger partial charge in [0.05, 0.1) is 0 Å². The van der Waals surface area contributed by atoms with Crippen LogP contribution in [0.3, 0.4) is 0 Å². The van der Waals surface area contributed by atoms with Gasteiger partial charge in [-0.15, -0.1) is 0 Å². The maximum atomic E-state index is 11.4. The topological polar surface area (TPSA) is 67.2 Å². The first kappa shape index (κ1) is 13.9. The fourth-order valence-corrected chi connectivity index (χ4v) is 2.76. The summed E-state index contributed by atoms with van der Waals surface area (Å²) in [6, 6.07) is 6.05. The van der Waals surface area contributed by atoms with Crippen LogP contribution in [0.15, 0.2) is 22.6 Å². The molecular weight excluding hydrogens is 266 g/mol. The summed E-state index contributed by atoms with van der Waals surface area (Å²) in [4.78, 5) is 15.9. The normalized spacial score (nSPS) is 20.5. The molecule has 21 heavy (non-hydrogen) atoms. The second-order valence-electron chi connectivity index (χ2n) is 5.50. The van der Waals surface area contributed by atoms with Gasteiger partial charge in [0.15, 0.2) is 11.5 Å². The van der Waals surface area contributed by atoms with Gasteiger partial charge in [0.1, 0.15) is 5.52 Å². The van der Waals surface area contributed by atoms with Crippen molar-refractivity contribution in [2.45, 2.75) is 32.6 Å². The maximum Gasteiger partial charge on any atom is 0.314 e. The Morgan fingerprint density at radius 1 is 1.38 bits per heavy atom. The van der Waals surface area contributed by atoms with Crippen LogP contribution in [0.5, 0.6) is 0 Å². The van der Waals surface area contributed by atoms with Gasteiger partial charge in [-0.2, -0.15) is 0 Å². The lowest BCUT2D eigenvalue weighted by atomic mass is 10.1. The third kappa shape index (κ3) is 2.86. The van der Waals surface area contributed by atoms with Crippen LogP contribution in [0.4, 0.5) is 4.79 Å². The standard InChI is InChI=1S/C16H21N3O2/c1-3-14-19-13-7-5-6-11(15(13)21-14)12-8-10(12)9-18-16(20)17-4-2/h5-7,10,12H,3-4,8-9H2,1-2H3,(H2,17,18,20)/t10-,12+/m0/s1. The number of para-hydroxylation sites is 1. The summed E-state index contributed by atoms with van der Waals surface area (Å²) >= 11 is 0. The summed E-state index contributed by atoms with van der Waals surface area (Å²) in [5.41, 5.74) is 3.08. The number of fused-ring (bicyclic) bond motifs is 1. The SMILES string of the molecule is CCNC(=O)NC[C@@H]1C[C@H]1c1cccc2nc(CC)oc12. The quantitative estimate of drug-likeness (QED) is 0.888. The Kier molecular flexibility index (Phi) is 3.82. The molecule has 1 fully saturated rings. The van der Waals surface area contributed by atoms with Gasteiger partial charge in [0.25, 0.3) is 0 Å². The summed E-state index contributed by atoms with van der Waals surface area (Å²) < 4.78 is 5.85. The Morgan fingerprint density at radius 3 is 3.00 bits per heavy atom. The molecule has 3 rings (SSSR count). The van der Waals surface area contributed by atoms with Crippen LogP contribution in [0.25, 0.3) is 11.1 Å². The lowest BCUT2D eigenvalue weighted by molar-refractivity contribution is 0.241. The van der Waals surface area contributed by atoms with Crippen LogP contribution >= 0.6 is 0 Å². The average Bonchev–Trinajstić information content (AvgIpc) is 3.13. The molecule has 112 valence electrons. The summed E-state index contributed by atoms with van der Waals surface area (Å²) in [5.74, 6) is 1.75. The molecule has 2 atom stereocenters. The summed E-state index contributed by atoms with van der Waals surface area (Å²) in [5, 5.41) is 5.66. The van der Waals surface area contributed by atoms with Crippen molar-refractivity contribution < 1.29 is 9.21 Å². The number of nitrogens with zero attached hydrogens (tertiary/aromatic N) is 1. The highest BCUT2D eigenvalue weighted by atomic mass is 16.3. The molecule has 0 bridgehead atoms. The number of aryl methyl sites for hydroxylation is 1. The number of rotatable bonds is 5. The van der Waals surface area contributed by atoms with Crippen molar-refractivity contribution in [3.05, 3.63) is 29.7 Å². The van der Waals surface area contributed by atoms with Crippen LogP contribution in [-0.4, -0.2) is 24.1 Å². The Morgan fingerprint density at radius 2 is 2.24 bits per heavy atom. The minimum atomic E-state index is -0.0886. The van der Waals surface area contributed by atoms with Gasteiger partial charge >= 0.3 is 6.03 Å². The predicted octanol–water partition coefficient (Wildman–Crippen LogP) is 2.81. The summed E-state index contributed by atoms with van der Waals surface area (Å²) in [6.07, 6.45) is 1.90. The number of amides is 2. The molecule has 0 aliphatic heterocycles. The van der Waals surface area contributed by atoms with Gasteiger partial charge in [0, 0.05) is 25.1 Å². The van der Waals surface area contributed by atoms with Crippen molar-refractivity contribution >= 4 is 17.1 Å². The second-order valence-corrected chi connectivity index (χ2v) is 5.50. The van der Waals surface area contributed by atoms with Crippen LogP contribution in [-0.2, 0) is 6.42 Å². The highest BCUT2D eigenvalue weighted by Crippen LogP contribution is 2.49. The fourth-order valence-electron chi connectivity index (χ4n) is 2.76. The van der Waals surface area contributed by atoms with E-state index in [0.29, 0.717) is 24.9 Å². The van der Waals surface area contributed by atoms with E-state index in [-0.39, 0.29) is 6.03 Å². The molecule has 1 heterocycles. The molecule has 0 saturated heterocycles. The maximum absolute atomic E-state index is 11.4. The highest BCUT2D eigenvalue weighted by Gasteiger charge is 2.40. The van der Waals surface area contributed by atoms with Crippen molar-refractivity contribution in [2.75, 3.05) is 13.1 Å². The van der Waals surface area contributed by atoms with Crippen molar-refractivity contribution in [3.8, 4) is 0 Å². The molecule has 1 aromatic heterocycles. The molecular formula is C16H21N3O2. The van der Waals surface area contributed by atoms with E-state index < -0.39 is 0 Å². The predicted molar refractivity (Wildman–Crippen MR) is 81.3 cm³/mol. The monoisotopic (exact) mass is 287 g/mol. The van der Waals surface area contributed by atoms with Gasteiger partial charge < -0.3 is 15.1 Å². The number of benzene rings is 1. The zero-order valence-corrected chi connectivity index (χ0v) is 12.5. The smallest absolute Gasteiger partial charge is 0.314 e. The number of oxazole rings is 1. The first-order valence-electron chi connectivity index (χ1n) is 7.63. The number of carbonyl (C=O) groups excluding carboxylic acids is 1. The highest BCUT2D eigenvalue weighted by molar-refractivity contribution is 5.77. The molecule has 2 aromatic rings. The van der Waals surface area contributed by atoms with Crippen LogP contribution in [0.1, 0.15) is 37.6 Å². The number of carbonyl (C=O) groups is 1.